The third-order valence-corrected chi connectivity index (χ3v) is 3.47. The third-order valence-electron chi connectivity index (χ3n) is 3.10. The van der Waals surface area contributed by atoms with Crippen LogP contribution in [0.15, 0.2) is 12.4 Å². The van der Waals surface area contributed by atoms with Gasteiger partial charge in [0.2, 0.25) is 5.91 Å². The fourth-order valence-electron chi connectivity index (χ4n) is 1.84. The monoisotopic (exact) mass is 325 g/mol. The number of hydrogen-bond acceptors (Lipinski definition) is 5. The second-order valence-electron chi connectivity index (χ2n) is 4.76. The van der Waals surface area contributed by atoms with E-state index >= 15 is 0 Å². The minimum absolute atomic E-state index is 0.0419. The summed E-state index contributed by atoms with van der Waals surface area (Å²) in [5.74, 6) is -0.973. The normalized spacial score (nSPS) is 12.0. The van der Waals surface area contributed by atoms with Crippen LogP contribution in [0.1, 0.15) is 29.1 Å². The first-order valence-electron chi connectivity index (χ1n) is 6.47. The van der Waals surface area contributed by atoms with E-state index < -0.39 is 12.0 Å². The molecule has 0 aliphatic carbocycles. The van der Waals surface area contributed by atoms with E-state index in [1.54, 1.807) is 27.1 Å². The van der Waals surface area contributed by atoms with Gasteiger partial charge in [-0.1, -0.05) is 11.6 Å². The molecule has 2 aromatic heterocycles. The standard InChI is InChI=1S/C13H16ClN5O3/c1-7-9(14)5-19(16-7)8(2)12(20)15-10-6-18(3)17-11(10)13(21)22-4/h5-6,8H,1-4H3,(H,15,20). The largest absolute Gasteiger partial charge is 0.464 e. The molecule has 0 radical (unpaired) electrons. The molecule has 118 valence electrons. The van der Waals surface area contributed by atoms with Gasteiger partial charge < -0.3 is 10.1 Å². The maximum atomic E-state index is 12.3. The van der Waals surface area contributed by atoms with E-state index in [4.69, 9.17) is 11.6 Å². The Morgan fingerprint density at radius 2 is 2.05 bits per heavy atom. The predicted octanol–water partition coefficient (Wildman–Crippen LogP) is 1.56. The van der Waals surface area contributed by atoms with Crippen LogP contribution in [0, 0.1) is 6.92 Å². The van der Waals surface area contributed by atoms with E-state index in [0.717, 1.165) is 0 Å². The zero-order valence-corrected chi connectivity index (χ0v) is 13.4. The van der Waals surface area contributed by atoms with E-state index in [9.17, 15) is 9.59 Å². The highest BCUT2D eigenvalue weighted by Crippen LogP contribution is 2.19. The Kier molecular flexibility index (Phi) is 4.51. The number of aryl methyl sites for hydroxylation is 2. The molecule has 0 saturated carbocycles. The lowest BCUT2D eigenvalue weighted by Crippen LogP contribution is -2.24. The molecule has 9 heteroatoms. The number of nitrogens with one attached hydrogen (secondary N) is 1. The molecule has 1 N–H and O–H groups in total. The fourth-order valence-corrected chi connectivity index (χ4v) is 1.98. The number of nitrogens with zero attached hydrogens (tertiary/aromatic N) is 4. The summed E-state index contributed by atoms with van der Waals surface area (Å²) in [6.07, 6.45) is 3.10. The van der Waals surface area contributed by atoms with E-state index in [2.05, 4.69) is 20.3 Å². The molecule has 2 aromatic rings. The number of aromatic nitrogens is 4. The number of hydrogen-bond donors (Lipinski definition) is 1. The van der Waals surface area contributed by atoms with Crippen molar-refractivity contribution in [1.29, 1.82) is 0 Å². The summed E-state index contributed by atoms with van der Waals surface area (Å²) in [6.45, 7) is 3.42. The van der Waals surface area contributed by atoms with Crippen LogP contribution in [-0.4, -0.2) is 38.5 Å². The Labute approximate surface area is 132 Å². The Morgan fingerprint density at radius 3 is 2.59 bits per heavy atom. The molecule has 8 nitrogen and oxygen atoms in total. The average Bonchev–Trinajstić information content (AvgIpc) is 3.00. The second kappa shape index (κ2) is 6.18. The summed E-state index contributed by atoms with van der Waals surface area (Å²) in [5, 5.41) is 11.3. The first kappa shape index (κ1) is 16.0. The molecule has 0 aliphatic heterocycles. The molecule has 1 unspecified atom stereocenters. The Morgan fingerprint density at radius 1 is 1.36 bits per heavy atom. The smallest absolute Gasteiger partial charge is 0.360 e. The molecule has 1 atom stereocenters. The Bertz CT molecular complexity index is 702. The highest BCUT2D eigenvalue weighted by Gasteiger charge is 2.22. The van der Waals surface area contributed by atoms with Crippen molar-refractivity contribution in [2.24, 2.45) is 7.05 Å². The highest BCUT2D eigenvalue weighted by molar-refractivity contribution is 6.31. The highest BCUT2D eigenvalue weighted by atomic mass is 35.5. The zero-order valence-electron chi connectivity index (χ0n) is 12.6. The first-order valence-corrected chi connectivity index (χ1v) is 6.85. The van der Waals surface area contributed by atoms with Crippen LogP contribution < -0.4 is 5.32 Å². The minimum Gasteiger partial charge on any atom is -0.464 e. The number of ether oxygens (including phenoxy) is 1. The number of methoxy groups -OCH3 is 1. The summed E-state index contributed by atoms with van der Waals surface area (Å²) in [7, 11) is 2.89. The number of amides is 1. The van der Waals surface area contributed by atoms with Gasteiger partial charge in [0, 0.05) is 19.4 Å². The minimum atomic E-state index is -0.624. The van der Waals surface area contributed by atoms with Crippen LogP contribution in [0.4, 0.5) is 5.69 Å². The summed E-state index contributed by atoms with van der Waals surface area (Å²) < 4.78 is 7.51. The van der Waals surface area contributed by atoms with Crippen LogP contribution in [0.5, 0.6) is 0 Å². The van der Waals surface area contributed by atoms with Crippen molar-refractivity contribution in [1.82, 2.24) is 19.6 Å². The van der Waals surface area contributed by atoms with Crippen molar-refractivity contribution in [3.8, 4) is 0 Å². The lowest BCUT2D eigenvalue weighted by atomic mass is 10.3. The van der Waals surface area contributed by atoms with Crippen LogP contribution >= 0.6 is 11.6 Å². The molecule has 22 heavy (non-hydrogen) atoms. The zero-order chi connectivity index (χ0) is 16.4. The summed E-state index contributed by atoms with van der Waals surface area (Å²) in [5.41, 5.74) is 0.958. The van der Waals surface area contributed by atoms with Crippen molar-refractivity contribution in [3.05, 3.63) is 28.8 Å². The van der Waals surface area contributed by atoms with Crippen molar-refractivity contribution in [3.63, 3.8) is 0 Å². The third kappa shape index (κ3) is 3.11. The van der Waals surface area contributed by atoms with Gasteiger partial charge in [-0.15, -0.1) is 0 Å². The second-order valence-corrected chi connectivity index (χ2v) is 5.17. The summed E-state index contributed by atoms with van der Waals surface area (Å²) in [6, 6.07) is -0.600. The summed E-state index contributed by atoms with van der Waals surface area (Å²) >= 11 is 5.94. The van der Waals surface area contributed by atoms with E-state index in [-0.39, 0.29) is 17.3 Å². The number of carbonyl (C=O) groups is 2. The number of halogens is 1. The topological polar surface area (TPSA) is 91.0 Å². The van der Waals surface area contributed by atoms with Crippen molar-refractivity contribution in [2.45, 2.75) is 19.9 Å². The Balaban J connectivity index is 2.20. The average molecular weight is 326 g/mol. The van der Waals surface area contributed by atoms with Crippen LogP contribution in [0.25, 0.3) is 0 Å². The molecule has 0 fully saturated rings. The van der Waals surface area contributed by atoms with Gasteiger partial charge in [-0.3, -0.25) is 14.2 Å². The van der Waals surface area contributed by atoms with Gasteiger partial charge in [0.05, 0.1) is 23.5 Å². The maximum Gasteiger partial charge on any atom is 0.360 e. The van der Waals surface area contributed by atoms with Crippen molar-refractivity contribution in [2.75, 3.05) is 12.4 Å². The first-order chi connectivity index (χ1) is 10.3. The number of carbonyl (C=O) groups excluding carboxylic acids is 2. The van der Waals surface area contributed by atoms with Gasteiger partial charge >= 0.3 is 5.97 Å². The van der Waals surface area contributed by atoms with Gasteiger partial charge in [-0.25, -0.2) is 4.79 Å². The predicted molar refractivity (Wildman–Crippen MR) is 79.9 cm³/mol. The molecule has 0 spiro atoms. The van der Waals surface area contributed by atoms with E-state index in [1.807, 2.05) is 0 Å². The molecule has 0 aromatic carbocycles. The number of rotatable bonds is 4. The lowest BCUT2D eigenvalue weighted by molar-refractivity contribution is -0.119. The van der Waals surface area contributed by atoms with Gasteiger partial charge in [-0.2, -0.15) is 10.2 Å². The maximum absolute atomic E-state index is 12.3. The van der Waals surface area contributed by atoms with Crippen LogP contribution in [0.2, 0.25) is 5.02 Å². The Hall–Kier alpha value is -2.35. The molecule has 0 bridgehead atoms. The van der Waals surface area contributed by atoms with Gasteiger partial charge in [-0.05, 0) is 13.8 Å². The molecular weight excluding hydrogens is 310 g/mol. The SMILES string of the molecule is COC(=O)c1nn(C)cc1NC(=O)C(C)n1cc(Cl)c(C)n1. The lowest BCUT2D eigenvalue weighted by Gasteiger charge is -2.12. The molecule has 2 rings (SSSR count). The molecule has 2 heterocycles. The van der Waals surface area contributed by atoms with Gasteiger partial charge in [0.25, 0.3) is 0 Å². The summed E-state index contributed by atoms with van der Waals surface area (Å²) in [4.78, 5) is 23.9. The fraction of sp³-hybridized carbons (Fsp3) is 0.385. The number of anilines is 1. The van der Waals surface area contributed by atoms with Crippen molar-refractivity contribution >= 4 is 29.2 Å². The molecule has 0 saturated heterocycles. The molecule has 1 amide bonds. The van der Waals surface area contributed by atoms with Crippen LogP contribution in [0.3, 0.4) is 0 Å². The quantitative estimate of drug-likeness (QED) is 0.861. The van der Waals surface area contributed by atoms with Crippen molar-refractivity contribution < 1.29 is 14.3 Å². The molecule has 0 aliphatic rings. The van der Waals surface area contributed by atoms with Gasteiger partial charge in [0.1, 0.15) is 6.04 Å². The van der Waals surface area contributed by atoms with E-state index in [1.165, 1.54) is 22.7 Å². The van der Waals surface area contributed by atoms with Crippen LogP contribution in [-0.2, 0) is 16.6 Å². The number of esters is 1. The van der Waals surface area contributed by atoms with E-state index in [0.29, 0.717) is 10.7 Å². The molecular formula is C13H16ClN5O3. The van der Waals surface area contributed by atoms with Gasteiger partial charge in [0.15, 0.2) is 5.69 Å².